The van der Waals surface area contributed by atoms with E-state index in [4.69, 9.17) is 0 Å². The molecule has 0 saturated carbocycles. The van der Waals surface area contributed by atoms with Crippen LogP contribution in [0.15, 0.2) is 12.3 Å². The number of pyridine rings is 1. The first kappa shape index (κ1) is 7.46. The number of methoxy groups -OCH3 is 1. The van der Waals surface area contributed by atoms with Crippen molar-refractivity contribution in [2.24, 2.45) is 0 Å². The van der Waals surface area contributed by atoms with Gasteiger partial charge in [0.25, 0.3) is 5.69 Å². The van der Waals surface area contributed by atoms with Crippen LogP contribution in [0.25, 0.3) is 0 Å². The maximum atomic E-state index is 10.1. The van der Waals surface area contributed by atoms with Gasteiger partial charge in [0.05, 0.1) is 18.1 Å². The first-order chi connectivity index (χ1) is 5.24. The van der Waals surface area contributed by atoms with E-state index in [0.717, 1.165) is 6.20 Å². The van der Waals surface area contributed by atoms with Gasteiger partial charge in [-0.3, -0.25) is 10.1 Å². The highest BCUT2D eigenvalue weighted by molar-refractivity contribution is 5.27. The van der Waals surface area contributed by atoms with Crippen LogP contribution in [-0.2, 0) is 0 Å². The second kappa shape index (κ2) is 2.96. The Hall–Kier alpha value is -1.65. The Morgan fingerprint density at radius 3 is 2.91 bits per heavy atom. The van der Waals surface area contributed by atoms with Gasteiger partial charge in [-0.2, -0.15) is 0 Å². The van der Waals surface area contributed by atoms with Gasteiger partial charge in [0.1, 0.15) is 6.20 Å². The van der Waals surface area contributed by atoms with E-state index < -0.39 is 4.92 Å². The van der Waals surface area contributed by atoms with Gasteiger partial charge in [0, 0.05) is 6.07 Å². The van der Waals surface area contributed by atoms with Crippen molar-refractivity contribution in [3.05, 3.63) is 28.4 Å². The molecule has 0 N–H and O–H groups in total. The monoisotopic (exact) mass is 153 g/mol. The first-order valence-corrected chi connectivity index (χ1v) is 2.80. The van der Waals surface area contributed by atoms with Gasteiger partial charge in [0.2, 0.25) is 5.88 Å². The molecule has 1 aromatic rings. The van der Waals surface area contributed by atoms with Gasteiger partial charge >= 0.3 is 0 Å². The highest BCUT2D eigenvalue weighted by Crippen LogP contribution is 2.11. The zero-order valence-corrected chi connectivity index (χ0v) is 5.77. The number of hydrogen-bond acceptors (Lipinski definition) is 4. The Labute approximate surface area is 62.8 Å². The average molecular weight is 153 g/mol. The van der Waals surface area contributed by atoms with Crippen molar-refractivity contribution < 1.29 is 9.66 Å². The van der Waals surface area contributed by atoms with Gasteiger partial charge in [0.15, 0.2) is 0 Å². The molecule has 1 heterocycles. The fraction of sp³-hybridized carbons (Fsp3) is 0.167. The highest BCUT2D eigenvalue weighted by Gasteiger charge is 2.04. The van der Waals surface area contributed by atoms with E-state index >= 15 is 0 Å². The molecule has 0 unspecified atom stereocenters. The maximum Gasteiger partial charge on any atom is 0.288 e. The molecule has 0 spiro atoms. The second-order valence-electron chi connectivity index (χ2n) is 1.74. The molecular formula is C6H5N2O3. The predicted molar refractivity (Wildman–Crippen MR) is 36.3 cm³/mol. The van der Waals surface area contributed by atoms with Crippen LogP contribution in [-0.4, -0.2) is 17.0 Å². The Morgan fingerprint density at radius 2 is 2.55 bits per heavy atom. The molecule has 1 aromatic heterocycles. The first-order valence-electron chi connectivity index (χ1n) is 2.80. The normalized spacial score (nSPS) is 9.18. The van der Waals surface area contributed by atoms with E-state index in [9.17, 15) is 10.1 Å². The number of rotatable bonds is 2. The molecular weight excluding hydrogens is 148 g/mol. The predicted octanol–water partition coefficient (Wildman–Crippen LogP) is 0.799. The minimum Gasteiger partial charge on any atom is -0.481 e. The summed E-state index contributed by atoms with van der Waals surface area (Å²) in [5.41, 5.74) is -0.0919. The number of nitrogens with zero attached hydrogens (tertiary/aromatic N) is 2. The lowest BCUT2D eigenvalue weighted by atomic mass is 10.4. The van der Waals surface area contributed by atoms with Gasteiger partial charge in [-0.15, -0.1) is 0 Å². The summed E-state index contributed by atoms with van der Waals surface area (Å²) in [5.74, 6) is 0.246. The number of nitro groups is 1. The van der Waals surface area contributed by atoms with Crippen molar-refractivity contribution in [1.29, 1.82) is 0 Å². The summed E-state index contributed by atoms with van der Waals surface area (Å²) in [6.07, 6.45) is 1.12. The summed E-state index contributed by atoms with van der Waals surface area (Å²) in [6, 6.07) is 3.71. The van der Waals surface area contributed by atoms with Crippen LogP contribution >= 0.6 is 0 Å². The standard InChI is InChI=1S/C6H5N2O3/c1-11-6-3-2-5(4-7-6)8(9)10/h2,4H,1H3. The zero-order chi connectivity index (χ0) is 8.27. The quantitative estimate of drug-likeness (QED) is 0.465. The molecule has 0 aliphatic heterocycles. The molecule has 0 aliphatic carbocycles. The summed E-state index contributed by atoms with van der Waals surface area (Å²) in [5, 5.41) is 10.1. The molecule has 0 fully saturated rings. The van der Waals surface area contributed by atoms with Crippen LogP contribution in [0.5, 0.6) is 5.88 Å². The third-order valence-electron chi connectivity index (χ3n) is 1.06. The van der Waals surface area contributed by atoms with E-state index in [0.29, 0.717) is 0 Å². The minimum atomic E-state index is -0.539. The van der Waals surface area contributed by atoms with Crippen molar-refractivity contribution in [2.75, 3.05) is 7.11 Å². The van der Waals surface area contributed by atoms with Gasteiger partial charge < -0.3 is 4.74 Å². The van der Waals surface area contributed by atoms with Crippen molar-refractivity contribution >= 4 is 5.69 Å². The molecule has 0 aromatic carbocycles. The van der Waals surface area contributed by atoms with Crippen LogP contribution < -0.4 is 4.74 Å². The van der Waals surface area contributed by atoms with Crippen LogP contribution in [0.2, 0.25) is 0 Å². The van der Waals surface area contributed by atoms with Crippen LogP contribution in [0.1, 0.15) is 0 Å². The lowest BCUT2D eigenvalue weighted by molar-refractivity contribution is -0.385. The summed E-state index contributed by atoms with van der Waals surface area (Å²) >= 11 is 0. The van der Waals surface area contributed by atoms with E-state index in [1.165, 1.54) is 13.2 Å². The molecule has 1 rings (SSSR count). The molecule has 57 valence electrons. The topological polar surface area (TPSA) is 65.3 Å². The molecule has 5 heteroatoms. The van der Waals surface area contributed by atoms with Crippen molar-refractivity contribution in [2.45, 2.75) is 0 Å². The Bertz CT molecular complexity index is 257. The fourth-order valence-corrected chi connectivity index (χ4v) is 0.546. The van der Waals surface area contributed by atoms with Crippen molar-refractivity contribution in [1.82, 2.24) is 4.98 Å². The molecule has 11 heavy (non-hydrogen) atoms. The minimum absolute atomic E-state index is 0.0919. The number of ether oxygens (including phenoxy) is 1. The Kier molecular flexibility index (Phi) is 2.00. The number of aromatic nitrogens is 1. The van der Waals surface area contributed by atoms with Crippen molar-refractivity contribution in [3.8, 4) is 5.88 Å². The molecule has 1 radical (unpaired) electrons. The molecule has 5 nitrogen and oxygen atoms in total. The molecule has 0 saturated heterocycles. The van der Waals surface area contributed by atoms with Gasteiger partial charge in [-0.05, 0) is 0 Å². The second-order valence-corrected chi connectivity index (χ2v) is 1.74. The summed E-state index contributed by atoms with van der Waals surface area (Å²) in [4.78, 5) is 13.2. The fourth-order valence-electron chi connectivity index (χ4n) is 0.546. The number of hydrogen-bond donors (Lipinski definition) is 0. The largest absolute Gasteiger partial charge is 0.481 e. The van der Waals surface area contributed by atoms with Crippen molar-refractivity contribution in [3.63, 3.8) is 0 Å². The third kappa shape index (κ3) is 1.64. The summed E-state index contributed by atoms with van der Waals surface area (Å²) < 4.78 is 4.66. The lowest BCUT2D eigenvalue weighted by Crippen LogP contribution is -1.91. The zero-order valence-electron chi connectivity index (χ0n) is 5.77. The Morgan fingerprint density at radius 1 is 1.82 bits per heavy atom. The molecule has 0 amide bonds. The molecule has 0 aliphatic rings. The molecule has 0 bridgehead atoms. The third-order valence-corrected chi connectivity index (χ3v) is 1.06. The molecule has 0 atom stereocenters. The summed E-state index contributed by atoms with van der Waals surface area (Å²) in [7, 11) is 1.42. The van der Waals surface area contributed by atoms with Gasteiger partial charge in [-0.1, -0.05) is 0 Å². The van der Waals surface area contributed by atoms with E-state index in [-0.39, 0.29) is 11.6 Å². The lowest BCUT2D eigenvalue weighted by Gasteiger charge is -1.94. The highest BCUT2D eigenvalue weighted by atomic mass is 16.6. The smallest absolute Gasteiger partial charge is 0.288 e. The Balaban J connectivity index is 2.91. The van der Waals surface area contributed by atoms with E-state index in [2.05, 4.69) is 15.8 Å². The summed E-state index contributed by atoms with van der Waals surface area (Å²) in [6.45, 7) is 0. The van der Waals surface area contributed by atoms with Crippen LogP contribution in [0, 0.1) is 16.2 Å². The van der Waals surface area contributed by atoms with Crippen LogP contribution in [0.3, 0.4) is 0 Å². The van der Waals surface area contributed by atoms with Gasteiger partial charge in [-0.25, -0.2) is 4.98 Å². The maximum absolute atomic E-state index is 10.1. The average Bonchev–Trinajstić information content (AvgIpc) is 2.05. The SMILES string of the molecule is COc1[c]cc([N+](=O)[O-])cn1. The van der Waals surface area contributed by atoms with Crippen LogP contribution in [0.4, 0.5) is 5.69 Å². The van der Waals surface area contributed by atoms with E-state index in [1.807, 2.05) is 0 Å². The van der Waals surface area contributed by atoms with E-state index in [1.54, 1.807) is 0 Å².